The summed E-state index contributed by atoms with van der Waals surface area (Å²) in [6.07, 6.45) is 1.77. The molecule has 0 spiro atoms. The minimum atomic E-state index is -0.245. The molecule has 34 heavy (non-hydrogen) atoms. The molecule has 0 aliphatic heterocycles. The molecule has 2 aromatic carbocycles. The van der Waals surface area contributed by atoms with E-state index in [9.17, 15) is 9.59 Å². The molecule has 1 N–H and O–H groups in total. The summed E-state index contributed by atoms with van der Waals surface area (Å²) in [4.78, 5) is 27.9. The Balaban J connectivity index is 1.84. The van der Waals surface area contributed by atoms with Gasteiger partial charge in [0.15, 0.2) is 0 Å². The SMILES string of the molecule is CCCCN(CC(=O)Nc1cc(C(C)(C)C)nn1-c1ccc(C)cc1)C(=O)c1ccc(C)cc1. The molecule has 180 valence electrons. The molecule has 0 bridgehead atoms. The second kappa shape index (κ2) is 10.7. The van der Waals surface area contributed by atoms with E-state index >= 15 is 0 Å². The molecular weight excluding hydrogens is 424 g/mol. The maximum atomic E-state index is 13.1. The molecule has 3 aromatic rings. The number of aryl methyl sites for hydroxylation is 2. The molecule has 0 aliphatic carbocycles. The highest BCUT2D eigenvalue weighted by atomic mass is 16.2. The average molecular weight is 461 g/mol. The highest BCUT2D eigenvalue weighted by molar-refractivity contribution is 5.99. The molecule has 0 atom stereocenters. The maximum Gasteiger partial charge on any atom is 0.254 e. The third-order valence-corrected chi connectivity index (χ3v) is 5.73. The van der Waals surface area contributed by atoms with E-state index in [4.69, 9.17) is 5.10 Å². The molecule has 1 aromatic heterocycles. The van der Waals surface area contributed by atoms with Gasteiger partial charge in [0.05, 0.1) is 11.4 Å². The normalized spacial score (nSPS) is 11.4. The molecule has 0 radical (unpaired) electrons. The van der Waals surface area contributed by atoms with E-state index in [2.05, 4.69) is 33.0 Å². The summed E-state index contributed by atoms with van der Waals surface area (Å²) in [7, 11) is 0. The fourth-order valence-corrected chi connectivity index (χ4v) is 3.56. The number of nitrogens with one attached hydrogen (secondary N) is 1. The number of carbonyl (C=O) groups is 2. The van der Waals surface area contributed by atoms with Crippen LogP contribution < -0.4 is 5.32 Å². The number of hydrogen-bond acceptors (Lipinski definition) is 3. The largest absolute Gasteiger partial charge is 0.329 e. The van der Waals surface area contributed by atoms with Gasteiger partial charge in [0.1, 0.15) is 12.4 Å². The summed E-state index contributed by atoms with van der Waals surface area (Å²) >= 11 is 0. The quantitative estimate of drug-likeness (QED) is 0.471. The fourth-order valence-electron chi connectivity index (χ4n) is 3.56. The first-order valence-electron chi connectivity index (χ1n) is 11.9. The number of anilines is 1. The predicted octanol–water partition coefficient (Wildman–Crippen LogP) is 5.67. The van der Waals surface area contributed by atoms with Crippen LogP contribution >= 0.6 is 0 Å². The van der Waals surface area contributed by atoms with Gasteiger partial charge in [-0.15, -0.1) is 0 Å². The lowest BCUT2D eigenvalue weighted by Crippen LogP contribution is -2.39. The highest BCUT2D eigenvalue weighted by Crippen LogP contribution is 2.26. The van der Waals surface area contributed by atoms with E-state index in [1.54, 1.807) is 9.58 Å². The lowest BCUT2D eigenvalue weighted by molar-refractivity contribution is -0.117. The van der Waals surface area contributed by atoms with Crippen molar-refractivity contribution in [2.45, 2.75) is 59.8 Å². The van der Waals surface area contributed by atoms with E-state index in [1.807, 2.05) is 68.4 Å². The average Bonchev–Trinajstić information content (AvgIpc) is 3.21. The van der Waals surface area contributed by atoms with Crippen LogP contribution in [0.15, 0.2) is 54.6 Å². The molecule has 6 heteroatoms. The van der Waals surface area contributed by atoms with Crippen LogP contribution in [0.25, 0.3) is 5.69 Å². The standard InChI is InChI=1S/C28H36N4O2/c1-7-8-17-31(27(34)22-13-9-20(2)10-14-22)19-26(33)29-25-18-24(28(4,5)6)30-32(25)23-15-11-21(3)12-16-23/h9-16,18H,7-8,17,19H2,1-6H3,(H,29,33). The lowest BCUT2D eigenvalue weighted by atomic mass is 9.92. The second-order valence-corrected chi connectivity index (χ2v) is 9.91. The first-order chi connectivity index (χ1) is 16.1. The minimum Gasteiger partial charge on any atom is -0.329 e. The molecule has 0 saturated carbocycles. The molecule has 6 nitrogen and oxygen atoms in total. The lowest BCUT2D eigenvalue weighted by Gasteiger charge is -2.22. The van der Waals surface area contributed by atoms with E-state index in [1.165, 1.54) is 0 Å². The Kier molecular flexibility index (Phi) is 7.92. The molecule has 0 aliphatic rings. The van der Waals surface area contributed by atoms with Gasteiger partial charge in [-0.3, -0.25) is 9.59 Å². The predicted molar refractivity (Wildman–Crippen MR) is 138 cm³/mol. The van der Waals surface area contributed by atoms with E-state index in [0.717, 1.165) is 35.3 Å². The van der Waals surface area contributed by atoms with Crippen molar-refractivity contribution in [1.29, 1.82) is 0 Å². The minimum absolute atomic E-state index is 0.0172. The van der Waals surface area contributed by atoms with Gasteiger partial charge in [-0.05, 0) is 44.5 Å². The third kappa shape index (κ3) is 6.34. The second-order valence-electron chi connectivity index (χ2n) is 9.91. The zero-order chi connectivity index (χ0) is 24.9. The Morgan fingerprint density at radius 3 is 2.12 bits per heavy atom. The number of aromatic nitrogens is 2. The Morgan fingerprint density at radius 2 is 1.56 bits per heavy atom. The number of nitrogens with zero attached hydrogens (tertiary/aromatic N) is 3. The summed E-state index contributed by atoms with van der Waals surface area (Å²) in [5, 5.41) is 7.78. The zero-order valence-corrected chi connectivity index (χ0v) is 21.2. The van der Waals surface area contributed by atoms with Crippen LogP contribution in [-0.2, 0) is 10.2 Å². The van der Waals surface area contributed by atoms with Crippen LogP contribution in [0, 0.1) is 13.8 Å². The van der Waals surface area contributed by atoms with Crippen molar-refractivity contribution in [3.8, 4) is 5.69 Å². The van der Waals surface area contributed by atoms with Crippen molar-refractivity contribution >= 4 is 17.6 Å². The Hall–Kier alpha value is -3.41. The van der Waals surface area contributed by atoms with E-state index in [-0.39, 0.29) is 23.8 Å². The number of hydrogen-bond donors (Lipinski definition) is 1. The topological polar surface area (TPSA) is 67.2 Å². The molecule has 0 saturated heterocycles. The summed E-state index contributed by atoms with van der Waals surface area (Å²) in [5.74, 6) is 0.216. The number of rotatable bonds is 8. The molecule has 1 heterocycles. The summed E-state index contributed by atoms with van der Waals surface area (Å²) in [6.45, 7) is 12.9. The van der Waals surface area contributed by atoms with Crippen LogP contribution in [-0.4, -0.2) is 39.6 Å². The van der Waals surface area contributed by atoms with Gasteiger partial charge in [0, 0.05) is 23.6 Å². The molecule has 0 fully saturated rings. The monoisotopic (exact) mass is 460 g/mol. The van der Waals surface area contributed by atoms with Gasteiger partial charge >= 0.3 is 0 Å². The summed E-state index contributed by atoms with van der Waals surface area (Å²) in [6, 6.07) is 17.4. The van der Waals surface area contributed by atoms with Crippen molar-refractivity contribution in [2.75, 3.05) is 18.4 Å². The van der Waals surface area contributed by atoms with Gasteiger partial charge in [-0.25, -0.2) is 4.68 Å². The van der Waals surface area contributed by atoms with Gasteiger partial charge in [0.2, 0.25) is 5.91 Å². The van der Waals surface area contributed by atoms with Gasteiger partial charge in [0.25, 0.3) is 5.91 Å². The van der Waals surface area contributed by atoms with Crippen molar-refractivity contribution in [2.24, 2.45) is 0 Å². The van der Waals surface area contributed by atoms with Crippen molar-refractivity contribution < 1.29 is 9.59 Å². The molecule has 0 unspecified atom stereocenters. The Bertz CT molecular complexity index is 1120. The van der Waals surface area contributed by atoms with Gasteiger partial charge < -0.3 is 10.2 Å². The Labute approximate surface area is 203 Å². The van der Waals surface area contributed by atoms with Crippen LogP contribution in [0.2, 0.25) is 0 Å². The molecular formula is C28H36N4O2. The van der Waals surface area contributed by atoms with E-state index in [0.29, 0.717) is 17.9 Å². The number of unbranched alkanes of at least 4 members (excludes halogenated alkanes) is 1. The third-order valence-electron chi connectivity index (χ3n) is 5.73. The van der Waals surface area contributed by atoms with Crippen LogP contribution in [0.3, 0.4) is 0 Å². The van der Waals surface area contributed by atoms with Crippen LogP contribution in [0.4, 0.5) is 5.82 Å². The maximum absolute atomic E-state index is 13.1. The summed E-state index contributed by atoms with van der Waals surface area (Å²) in [5.41, 5.74) is 4.41. The first-order valence-corrected chi connectivity index (χ1v) is 11.9. The van der Waals surface area contributed by atoms with E-state index < -0.39 is 0 Å². The fraction of sp³-hybridized carbons (Fsp3) is 0.393. The van der Waals surface area contributed by atoms with Gasteiger partial charge in [-0.1, -0.05) is 69.5 Å². The number of benzene rings is 2. The molecule has 3 rings (SSSR count). The number of carbonyl (C=O) groups excluding carboxylic acids is 2. The van der Waals surface area contributed by atoms with Gasteiger partial charge in [-0.2, -0.15) is 5.10 Å². The Morgan fingerprint density at radius 1 is 0.971 bits per heavy atom. The van der Waals surface area contributed by atoms with Crippen molar-refractivity contribution in [3.63, 3.8) is 0 Å². The first kappa shape index (κ1) is 25.2. The number of amides is 2. The van der Waals surface area contributed by atoms with Crippen molar-refractivity contribution in [3.05, 3.63) is 77.0 Å². The van der Waals surface area contributed by atoms with Crippen molar-refractivity contribution in [1.82, 2.24) is 14.7 Å². The summed E-state index contributed by atoms with van der Waals surface area (Å²) < 4.78 is 1.76. The zero-order valence-electron chi connectivity index (χ0n) is 21.2. The van der Waals surface area contributed by atoms with Crippen LogP contribution in [0.1, 0.15) is 67.7 Å². The highest BCUT2D eigenvalue weighted by Gasteiger charge is 2.23. The smallest absolute Gasteiger partial charge is 0.254 e. The molecule has 2 amide bonds. The van der Waals surface area contributed by atoms with Crippen LogP contribution in [0.5, 0.6) is 0 Å².